The van der Waals surface area contributed by atoms with Crippen molar-refractivity contribution >= 4 is 11.7 Å². The smallest absolute Gasteiger partial charge is 0.357 e. The number of carbonyl (C=O) groups is 1. The van der Waals surface area contributed by atoms with E-state index in [1.807, 2.05) is 30.3 Å². The van der Waals surface area contributed by atoms with Gasteiger partial charge in [0.25, 0.3) is 0 Å². The van der Waals surface area contributed by atoms with Crippen LogP contribution in [-0.2, 0) is 21.8 Å². The maximum Gasteiger partial charge on any atom is 0.357 e. The van der Waals surface area contributed by atoms with Crippen LogP contribution in [0.2, 0.25) is 0 Å². The minimum Gasteiger partial charge on any atom is -0.507 e. The third kappa shape index (κ3) is 5.26. The molecule has 0 fully saturated rings. The van der Waals surface area contributed by atoms with Gasteiger partial charge in [-0.1, -0.05) is 24.3 Å². The third-order valence-electron chi connectivity index (χ3n) is 2.93. The van der Waals surface area contributed by atoms with Crippen LogP contribution in [0.25, 0.3) is 5.76 Å². The van der Waals surface area contributed by atoms with Crippen molar-refractivity contribution in [2.24, 2.45) is 0 Å². The standard InChI is InChI=1S/C13H12N2O3.C5H5.Fe/c1-2-18-13(17)11-10(7-14-8-15-11)12(16)9-5-3-4-6-9;1-2-4-5-3-1;/h3-8,16H,2H2,1H3;1-5H;/q;-1;. The Kier molecular flexibility index (Phi) is 8.33. The summed E-state index contributed by atoms with van der Waals surface area (Å²) >= 11 is 0. The molecule has 5 nitrogen and oxygen atoms in total. The number of carbonyl (C=O) groups excluding carboxylic acids is 1. The summed E-state index contributed by atoms with van der Waals surface area (Å²) < 4.78 is 4.88. The Labute approximate surface area is 151 Å². The molecule has 0 aliphatic heterocycles. The van der Waals surface area contributed by atoms with E-state index in [0.717, 1.165) is 0 Å². The molecule has 0 radical (unpaired) electrons. The summed E-state index contributed by atoms with van der Waals surface area (Å²) in [5.74, 6) is -0.614. The summed E-state index contributed by atoms with van der Waals surface area (Å²) in [6, 6.07) is 10.0. The van der Waals surface area contributed by atoms with Gasteiger partial charge in [-0.05, 0) is 6.92 Å². The Morgan fingerprint density at radius 2 is 1.92 bits per heavy atom. The van der Waals surface area contributed by atoms with E-state index in [4.69, 9.17) is 4.74 Å². The SMILES string of the molecule is CCOC(=O)c1ncncc1C(O)=C1C=CC=C1.[Fe].c1cc[cH-]c1. The number of aliphatic hydroxyl groups is 1. The Morgan fingerprint density at radius 3 is 2.46 bits per heavy atom. The van der Waals surface area contributed by atoms with Crippen molar-refractivity contribution in [3.8, 4) is 0 Å². The summed E-state index contributed by atoms with van der Waals surface area (Å²) in [6.45, 7) is 1.96. The van der Waals surface area contributed by atoms with Gasteiger partial charge in [0.05, 0.1) is 12.2 Å². The molecule has 2 aromatic rings. The Hall–Kier alpha value is -2.56. The molecule has 0 saturated carbocycles. The van der Waals surface area contributed by atoms with E-state index in [1.54, 1.807) is 31.2 Å². The average Bonchev–Trinajstić information content (AvgIpc) is 3.30. The van der Waals surface area contributed by atoms with Gasteiger partial charge in [-0.2, -0.15) is 18.2 Å². The minimum atomic E-state index is -0.576. The normalized spacial score (nSPS) is 11.3. The van der Waals surface area contributed by atoms with Crippen LogP contribution < -0.4 is 0 Å². The number of allylic oxidation sites excluding steroid dienone is 5. The molecule has 0 spiro atoms. The summed E-state index contributed by atoms with van der Waals surface area (Å²) in [4.78, 5) is 19.4. The molecular weight excluding hydrogens is 348 g/mol. The molecule has 1 N–H and O–H groups in total. The van der Waals surface area contributed by atoms with Crippen molar-refractivity contribution < 1.29 is 31.7 Å². The van der Waals surface area contributed by atoms with Crippen molar-refractivity contribution in [1.82, 2.24) is 9.97 Å². The van der Waals surface area contributed by atoms with Gasteiger partial charge < -0.3 is 9.84 Å². The first-order valence-corrected chi connectivity index (χ1v) is 7.16. The van der Waals surface area contributed by atoms with Gasteiger partial charge in [-0.15, -0.1) is 0 Å². The molecular formula is C18H17FeN2O3-. The van der Waals surface area contributed by atoms with E-state index in [-0.39, 0.29) is 40.7 Å². The van der Waals surface area contributed by atoms with Crippen molar-refractivity contribution in [1.29, 1.82) is 0 Å². The molecule has 1 aromatic carbocycles. The second kappa shape index (κ2) is 10.3. The van der Waals surface area contributed by atoms with Gasteiger partial charge >= 0.3 is 5.97 Å². The molecule has 1 aliphatic rings. The predicted molar refractivity (Wildman–Crippen MR) is 87.9 cm³/mol. The molecule has 0 bridgehead atoms. The average molecular weight is 365 g/mol. The molecule has 3 rings (SSSR count). The fourth-order valence-electron chi connectivity index (χ4n) is 1.87. The monoisotopic (exact) mass is 365 g/mol. The van der Waals surface area contributed by atoms with E-state index < -0.39 is 5.97 Å². The van der Waals surface area contributed by atoms with Gasteiger partial charge in [-0.25, -0.2) is 26.9 Å². The van der Waals surface area contributed by atoms with E-state index >= 15 is 0 Å². The Morgan fingerprint density at radius 1 is 1.25 bits per heavy atom. The molecule has 1 aromatic heterocycles. The van der Waals surface area contributed by atoms with E-state index in [9.17, 15) is 9.90 Å². The van der Waals surface area contributed by atoms with Crippen LogP contribution in [0.3, 0.4) is 0 Å². The number of hydrogen-bond acceptors (Lipinski definition) is 5. The Bertz CT molecular complexity index is 703. The summed E-state index contributed by atoms with van der Waals surface area (Å²) in [5, 5.41) is 10.1. The molecule has 0 atom stereocenters. The number of esters is 1. The zero-order valence-electron chi connectivity index (χ0n) is 13.1. The predicted octanol–water partition coefficient (Wildman–Crippen LogP) is 3.45. The number of rotatable bonds is 3. The molecule has 126 valence electrons. The largest absolute Gasteiger partial charge is 0.507 e. The van der Waals surface area contributed by atoms with E-state index in [0.29, 0.717) is 5.57 Å². The third-order valence-corrected chi connectivity index (χ3v) is 2.93. The number of ether oxygens (including phenoxy) is 1. The minimum absolute atomic E-state index is 0. The van der Waals surface area contributed by atoms with Crippen LogP contribution >= 0.6 is 0 Å². The number of nitrogens with zero attached hydrogens (tertiary/aromatic N) is 2. The van der Waals surface area contributed by atoms with Crippen LogP contribution in [0.4, 0.5) is 0 Å². The zero-order valence-corrected chi connectivity index (χ0v) is 14.2. The number of aliphatic hydroxyl groups excluding tert-OH is 1. The first-order valence-electron chi connectivity index (χ1n) is 7.16. The number of aromatic nitrogens is 2. The second-order valence-electron chi connectivity index (χ2n) is 4.49. The first-order chi connectivity index (χ1) is 11.2. The molecule has 24 heavy (non-hydrogen) atoms. The summed E-state index contributed by atoms with van der Waals surface area (Å²) in [5.41, 5.74) is 0.933. The Balaban J connectivity index is 0.000000412. The van der Waals surface area contributed by atoms with Crippen molar-refractivity contribution in [3.05, 3.63) is 84.0 Å². The number of hydrogen-bond donors (Lipinski definition) is 1. The van der Waals surface area contributed by atoms with Crippen LogP contribution in [0.15, 0.2) is 72.7 Å². The van der Waals surface area contributed by atoms with E-state index in [2.05, 4.69) is 9.97 Å². The van der Waals surface area contributed by atoms with Crippen LogP contribution in [-0.4, -0.2) is 27.7 Å². The molecule has 1 aliphatic carbocycles. The van der Waals surface area contributed by atoms with Gasteiger partial charge in [0.2, 0.25) is 0 Å². The van der Waals surface area contributed by atoms with Gasteiger partial charge in [0.15, 0.2) is 5.69 Å². The first kappa shape index (κ1) is 19.5. The quantitative estimate of drug-likeness (QED) is 0.390. The molecule has 0 unspecified atom stereocenters. The summed E-state index contributed by atoms with van der Waals surface area (Å²) in [7, 11) is 0. The van der Waals surface area contributed by atoms with Crippen molar-refractivity contribution in [3.63, 3.8) is 0 Å². The van der Waals surface area contributed by atoms with Crippen molar-refractivity contribution in [2.45, 2.75) is 6.92 Å². The second-order valence-corrected chi connectivity index (χ2v) is 4.49. The van der Waals surface area contributed by atoms with Gasteiger partial charge in [0.1, 0.15) is 12.1 Å². The van der Waals surface area contributed by atoms with Crippen LogP contribution in [0, 0.1) is 0 Å². The molecule has 0 amide bonds. The maximum absolute atomic E-state index is 11.7. The maximum atomic E-state index is 11.7. The van der Waals surface area contributed by atoms with Crippen LogP contribution in [0.5, 0.6) is 0 Å². The topological polar surface area (TPSA) is 72.3 Å². The fourth-order valence-corrected chi connectivity index (χ4v) is 1.87. The van der Waals surface area contributed by atoms with Gasteiger partial charge in [0, 0.05) is 28.8 Å². The summed E-state index contributed by atoms with van der Waals surface area (Å²) in [6.07, 6.45) is 9.68. The van der Waals surface area contributed by atoms with Crippen molar-refractivity contribution in [2.75, 3.05) is 6.61 Å². The zero-order chi connectivity index (χ0) is 16.5. The molecule has 1 heterocycles. The van der Waals surface area contributed by atoms with E-state index in [1.165, 1.54) is 12.5 Å². The molecule has 6 heteroatoms. The van der Waals surface area contributed by atoms with Crippen LogP contribution in [0.1, 0.15) is 23.0 Å². The fraction of sp³-hybridized carbons (Fsp3) is 0.111. The molecule has 0 saturated heterocycles. The van der Waals surface area contributed by atoms with Gasteiger partial charge in [-0.3, -0.25) is 0 Å².